The molecule has 0 N–H and O–H groups in total. The first-order chi connectivity index (χ1) is 15.3. The van der Waals surface area contributed by atoms with Crippen LogP contribution in [0.4, 0.5) is 4.39 Å². The molecular formula is C25H25FN2O4. The van der Waals surface area contributed by atoms with Gasteiger partial charge in [0.2, 0.25) is 17.7 Å². The summed E-state index contributed by atoms with van der Waals surface area (Å²) in [4.78, 5) is 54.3. The summed E-state index contributed by atoms with van der Waals surface area (Å²) in [7, 11) is 1.38. The van der Waals surface area contributed by atoms with E-state index in [0.717, 1.165) is 4.90 Å². The van der Waals surface area contributed by atoms with Crippen LogP contribution in [0.15, 0.2) is 54.6 Å². The van der Waals surface area contributed by atoms with E-state index in [-0.39, 0.29) is 37.0 Å². The topological polar surface area (TPSA) is 74.8 Å². The molecule has 2 aliphatic heterocycles. The van der Waals surface area contributed by atoms with Gasteiger partial charge in [-0.3, -0.25) is 24.1 Å². The van der Waals surface area contributed by atoms with Gasteiger partial charge in [-0.15, -0.1) is 0 Å². The van der Waals surface area contributed by atoms with Crippen molar-refractivity contribution < 1.29 is 23.6 Å². The van der Waals surface area contributed by atoms with Gasteiger partial charge in [0.05, 0.1) is 5.41 Å². The summed E-state index contributed by atoms with van der Waals surface area (Å²) in [5.41, 5.74) is -0.495. The highest BCUT2D eigenvalue weighted by molar-refractivity contribution is 6.10. The van der Waals surface area contributed by atoms with Crippen LogP contribution in [0.1, 0.15) is 41.6 Å². The fraction of sp³-hybridized carbons (Fsp3) is 0.360. The lowest BCUT2D eigenvalue weighted by Gasteiger charge is -2.35. The minimum atomic E-state index is -1.43. The molecule has 0 aromatic heterocycles. The number of benzene rings is 2. The molecule has 7 heteroatoms. The number of likely N-dealkylation sites (N-methyl/N-ethyl adjacent to an activating group) is 1. The number of imide groups is 1. The van der Waals surface area contributed by atoms with Gasteiger partial charge in [0.1, 0.15) is 5.82 Å². The van der Waals surface area contributed by atoms with Crippen molar-refractivity contribution in [2.75, 3.05) is 20.1 Å². The maximum Gasteiger partial charge on any atom is 0.240 e. The van der Waals surface area contributed by atoms with Crippen molar-refractivity contribution in [3.8, 4) is 0 Å². The standard InChI is InChI=1S/C25H25FN2O4/c1-27-21(29)14-25(24(27)32,19-10-5-11-20(26)13-19)15-22(30)28-12-6-9-18(16-28)23(31)17-7-3-2-4-8-17/h2-5,7-8,10-11,13,18H,6,9,12,14-16H2,1H3. The van der Waals surface area contributed by atoms with Crippen LogP contribution in [-0.2, 0) is 19.8 Å². The Kier molecular flexibility index (Phi) is 5.91. The molecule has 0 spiro atoms. The molecule has 166 valence electrons. The molecule has 2 fully saturated rings. The summed E-state index contributed by atoms with van der Waals surface area (Å²) in [6.45, 7) is 0.748. The number of carbonyl (C=O) groups excluding carboxylic acids is 4. The number of ketones is 1. The molecule has 2 unspecified atom stereocenters. The Morgan fingerprint density at radius 2 is 1.84 bits per heavy atom. The summed E-state index contributed by atoms with van der Waals surface area (Å²) in [5, 5.41) is 0. The van der Waals surface area contributed by atoms with Gasteiger partial charge in [0, 0.05) is 44.5 Å². The van der Waals surface area contributed by atoms with E-state index in [1.165, 1.54) is 25.2 Å². The van der Waals surface area contributed by atoms with Crippen molar-refractivity contribution in [2.45, 2.75) is 31.1 Å². The maximum atomic E-state index is 14.0. The van der Waals surface area contributed by atoms with Gasteiger partial charge in [-0.1, -0.05) is 42.5 Å². The van der Waals surface area contributed by atoms with Crippen molar-refractivity contribution in [3.05, 3.63) is 71.5 Å². The number of Topliss-reactive ketones (excluding diaryl/α,β-unsaturated/α-hetero) is 1. The summed E-state index contributed by atoms with van der Waals surface area (Å²) in [5.74, 6) is -2.07. The SMILES string of the molecule is CN1C(=O)CC(CC(=O)N2CCCC(C(=O)c3ccccc3)C2)(c2cccc(F)c2)C1=O. The average Bonchev–Trinajstić information content (AvgIpc) is 3.03. The first-order valence-electron chi connectivity index (χ1n) is 10.8. The Labute approximate surface area is 186 Å². The number of hydrogen-bond acceptors (Lipinski definition) is 4. The summed E-state index contributed by atoms with van der Waals surface area (Å²) in [6.07, 6.45) is 0.941. The summed E-state index contributed by atoms with van der Waals surface area (Å²) >= 11 is 0. The predicted molar refractivity (Wildman–Crippen MR) is 115 cm³/mol. The lowest BCUT2D eigenvalue weighted by molar-refractivity contribution is -0.142. The number of hydrogen-bond donors (Lipinski definition) is 0. The van der Waals surface area contributed by atoms with Gasteiger partial charge in [0.15, 0.2) is 5.78 Å². The molecule has 2 saturated heterocycles. The van der Waals surface area contributed by atoms with Crippen molar-refractivity contribution >= 4 is 23.5 Å². The minimum Gasteiger partial charge on any atom is -0.342 e. The van der Waals surface area contributed by atoms with Crippen LogP contribution in [-0.4, -0.2) is 53.4 Å². The van der Waals surface area contributed by atoms with Crippen LogP contribution in [0.5, 0.6) is 0 Å². The molecule has 2 heterocycles. The van der Waals surface area contributed by atoms with Crippen LogP contribution in [0.3, 0.4) is 0 Å². The highest BCUT2D eigenvalue weighted by Crippen LogP contribution is 2.40. The Morgan fingerprint density at radius 3 is 2.50 bits per heavy atom. The maximum absolute atomic E-state index is 14.0. The number of amides is 3. The number of likely N-dealkylation sites (tertiary alicyclic amines) is 2. The smallest absolute Gasteiger partial charge is 0.240 e. The number of carbonyl (C=O) groups is 4. The number of rotatable bonds is 5. The third kappa shape index (κ3) is 3.95. The first-order valence-corrected chi connectivity index (χ1v) is 10.8. The van der Waals surface area contributed by atoms with Gasteiger partial charge in [0.25, 0.3) is 0 Å². The third-order valence-electron chi connectivity index (χ3n) is 6.57. The lowest BCUT2D eigenvalue weighted by Crippen LogP contribution is -2.46. The Morgan fingerprint density at radius 1 is 1.09 bits per heavy atom. The lowest BCUT2D eigenvalue weighted by atomic mass is 9.75. The molecular weight excluding hydrogens is 411 g/mol. The van der Waals surface area contributed by atoms with Gasteiger partial charge >= 0.3 is 0 Å². The van der Waals surface area contributed by atoms with E-state index in [2.05, 4.69) is 0 Å². The molecule has 0 radical (unpaired) electrons. The second-order valence-electron chi connectivity index (χ2n) is 8.61. The van der Waals surface area contributed by atoms with Crippen LogP contribution in [0, 0.1) is 11.7 Å². The minimum absolute atomic E-state index is 0.00482. The van der Waals surface area contributed by atoms with Crippen molar-refractivity contribution in [2.24, 2.45) is 5.92 Å². The Hall–Kier alpha value is -3.35. The third-order valence-corrected chi connectivity index (χ3v) is 6.57. The summed E-state index contributed by atoms with van der Waals surface area (Å²) in [6, 6.07) is 14.5. The molecule has 2 aromatic carbocycles. The van der Waals surface area contributed by atoms with Gasteiger partial charge in [-0.05, 0) is 30.5 Å². The van der Waals surface area contributed by atoms with E-state index in [4.69, 9.17) is 0 Å². The molecule has 0 saturated carbocycles. The van der Waals surface area contributed by atoms with E-state index in [0.29, 0.717) is 30.5 Å². The fourth-order valence-corrected chi connectivity index (χ4v) is 4.76. The zero-order valence-corrected chi connectivity index (χ0v) is 17.9. The van der Waals surface area contributed by atoms with Crippen LogP contribution < -0.4 is 0 Å². The molecule has 2 aliphatic rings. The van der Waals surface area contributed by atoms with Crippen LogP contribution in [0.25, 0.3) is 0 Å². The molecule has 2 atom stereocenters. The second-order valence-corrected chi connectivity index (χ2v) is 8.61. The zero-order chi connectivity index (χ0) is 22.9. The highest BCUT2D eigenvalue weighted by atomic mass is 19.1. The first kappa shape index (κ1) is 21.9. The van der Waals surface area contributed by atoms with Crippen molar-refractivity contribution in [1.82, 2.24) is 9.80 Å². The number of halogens is 1. The van der Waals surface area contributed by atoms with E-state index < -0.39 is 23.0 Å². The highest BCUT2D eigenvalue weighted by Gasteiger charge is 2.53. The fourth-order valence-electron chi connectivity index (χ4n) is 4.76. The monoisotopic (exact) mass is 436 g/mol. The molecule has 32 heavy (non-hydrogen) atoms. The molecule has 2 aromatic rings. The average molecular weight is 436 g/mol. The van der Waals surface area contributed by atoms with Gasteiger partial charge < -0.3 is 4.90 Å². The van der Waals surface area contributed by atoms with Gasteiger partial charge in [-0.25, -0.2) is 4.39 Å². The second kappa shape index (κ2) is 8.65. The summed E-state index contributed by atoms with van der Waals surface area (Å²) < 4.78 is 14.0. The van der Waals surface area contributed by atoms with Crippen molar-refractivity contribution in [3.63, 3.8) is 0 Å². The normalized spacial score (nSPS) is 23.5. The quantitative estimate of drug-likeness (QED) is 0.534. The molecule has 0 aliphatic carbocycles. The Bertz CT molecular complexity index is 1070. The molecule has 0 bridgehead atoms. The van der Waals surface area contributed by atoms with E-state index in [9.17, 15) is 23.6 Å². The van der Waals surface area contributed by atoms with E-state index in [1.807, 2.05) is 6.07 Å². The Balaban J connectivity index is 1.57. The zero-order valence-electron chi connectivity index (χ0n) is 17.9. The van der Waals surface area contributed by atoms with E-state index >= 15 is 0 Å². The molecule has 3 amide bonds. The van der Waals surface area contributed by atoms with Crippen molar-refractivity contribution in [1.29, 1.82) is 0 Å². The van der Waals surface area contributed by atoms with E-state index in [1.54, 1.807) is 35.2 Å². The molecule has 4 rings (SSSR count). The van der Waals surface area contributed by atoms with Gasteiger partial charge in [-0.2, -0.15) is 0 Å². The van der Waals surface area contributed by atoms with Crippen LogP contribution in [0.2, 0.25) is 0 Å². The predicted octanol–water partition coefficient (Wildman–Crippen LogP) is 2.96. The van der Waals surface area contributed by atoms with Crippen LogP contribution >= 0.6 is 0 Å². The number of piperidine rings is 1. The largest absolute Gasteiger partial charge is 0.342 e. The molecule has 6 nitrogen and oxygen atoms in total. The number of nitrogens with zero attached hydrogens (tertiary/aromatic N) is 2.